The summed E-state index contributed by atoms with van der Waals surface area (Å²) < 4.78 is 5.45. The predicted molar refractivity (Wildman–Crippen MR) is 85.9 cm³/mol. The molecule has 1 amide bonds. The lowest BCUT2D eigenvalue weighted by Crippen LogP contribution is -2.28. The predicted octanol–water partition coefficient (Wildman–Crippen LogP) is 2.28. The number of rotatable bonds is 7. The molecule has 1 aromatic heterocycles. The van der Waals surface area contributed by atoms with Gasteiger partial charge in [-0.25, -0.2) is 0 Å². The number of carbonyl (C=O) groups excluding carboxylic acids is 1. The van der Waals surface area contributed by atoms with Crippen molar-refractivity contribution in [2.24, 2.45) is 0 Å². The van der Waals surface area contributed by atoms with E-state index in [1.807, 2.05) is 45.0 Å². The number of aliphatic hydroxyl groups excluding tert-OH is 1. The first kappa shape index (κ1) is 17.1. The van der Waals surface area contributed by atoms with Crippen LogP contribution in [0, 0.1) is 6.92 Å². The zero-order valence-electron chi connectivity index (χ0n) is 13.7. The van der Waals surface area contributed by atoms with Crippen LogP contribution in [0.15, 0.2) is 28.7 Å². The fourth-order valence-corrected chi connectivity index (χ4v) is 2.19. The van der Waals surface area contributed by atoms with Crippen LogP contribution in [0.4, 0.5) is 0 Å². The molecule has 6 heteroatoms. The Hall–Kier alpha value is -2.21. The van der Waals surface area contributed by atoms with Crippen LogP contribution >= 0.6 is 0 Å². The molecule has 23 heavy (non-hydrogen) atoms. The molecule has 0 fully saturated rings. The third-order valence-electron chi connectivity index (χ3n) is 3.58. The number of aryl methyl sites for hydroxylation is 2. The molecule has 1 atom stereocenters. The van der Waals surface area contributed by atoms with Crippen molar-refractivity contribution < 1.29 is 14.3 Å². The van der Waals surface area contributed by atoms with Crippen molar-refractivity contribution in [1.29, 1.82) is 0 Å². The maximum atomic E-state index is 11.9. The van der Waals surface area contributed by atoms with Gasteiger partial charge in [0.2, 0.25) is 17.7 Å². The molecule has 0 aliphatic rings. The highest BCUT2D eigenvalue weighted by Gasteiger charge is 2.13. The molecule has 1 heterocycles. The second-order valence-corrected chi connectivity index (χ2v) is 5.87. The van der Waals surface area contributed by atoms with Crippen molar-refractivity contribution in [3.8, 4) is 0 Å². The molecule has 2 aromatic rings. The second-order valence-electron chi connectivity index (χ2n) is 5.87. The Morgan fingerprint density at radius 3 is 2.70 bits per heavy atom. The average Bonchev–Trinajstić information content (AvgIpc) is 3.00. The molecule has 0 bridgehead atoms. The van der Waals surface area contributed by atoms with Crippen LogP contribution in [0.5, 0.6) is 0 Å². The van der Waals surface area contributed by atoms with Gasteiger partial charge in [0.15, 0.2) is 0 Å². The minimum absolute atomic E-state index is 0.151. The summed E-state index contributed by atoms with van der Waals surface area (Å²) in [6.45, 7) is 6.06. The third-order valence-corrected chi connectivity index (χ3v) is 3.58. The number of nitrogens with one attached hydrogen (secondary N) is 1. The number of benzene rings is 1. The Morgan fingerprint density at radius 2 is 2.04 bits per heavy atom. The molecule has 0 saturated heterocycles. The number of amides is 1. The summed E-state index contributed by atoms with van der Waals surface area (Å²) in [6, 6.07) is 7.58. The highest BCUT2D eigenvalue weighted by atomic mass is 16.4. The number of aromatic nitrogens is 2. The van der Waals surface area contributed by atoms with Crippen LogP contribution in [0.3, 0.4) is 0 Å². The maximum Gasteiger partial charge on any atom is 0.220 e. The fourth-order valence-electron chi connectivity index (χ4n) is 2.19. The van der Waals surface area contributed by atoms with Crippen LogP contribution in [-0.4, -0.2) is 27.8 Å². The van der Waals surface area contributed by atoms with Crippen LogP contribution in [0.25, 0.3) is 0 Å². The van der Waals surface area contributed by atoms with E-state index in [1.54, 1.807) is 0 Å². The summed E-state index contributed by atoms with van der Waals surface area (Å²) >= 11 is 0. The largest absolute Gasteiger partial charge is 0.425 e. The standard InChI is InChI=1S/C17H23N3O3/c1-11(2)17-20-19-16(23-17)9-8-15(22)18-10-14(21)13-7-5-4-6-12(13)3/h4-7,11,14,21H,8-10H2,1-3H3,(H,18,22). The number of hydrogen-bond acceptors (Lipinski definition) is 5. The summed E-state index contributed by atoms with van der Waals surface area (Å²) in [5, 5.41) is 20.7. The Morgan fingerprint density at radius 1 is 1.30 bits per heavy atom. The first-order chi connectivity index (χ1) is 11.0. The first-order valence-corrected chi connectivity index (χ1v) is 7.80. The normalized spacial score (nSPS) is 12.4. The van der Waals surface area contributed by atoms with Crippen molar-refractivity contribution in [1.82, 2.24) is 15.5 Å². The Kier molecular flexibility index (Phi) is 5.87. The third kappa shape index (κ3) is 4.89. The van der Waals surface area contributed by atoms with E-state index in [0.717, 1.165) is 11.1 Å². The van der Waals surface area contributed by atoms with Crippen LogP contribution in [0.1, 0.15) is 55.2 Å². The molecule has 0 aliphatic carbocycles. The van der Waals surface area contributed by atoms with Gasteiger partial charge in [-0.15, -0.1) is 10.2 Å². The van der Waals surface area contributed by atoms with Gasteiger partial charge in [0, 0.05) is 25.3 Å². The smallest absolute Gasteiger partial charge is 0.220 e. The number of carbonyl (C=O) groups is 1. The molecule has 2 N–H and O–H groups in total. The van der Waals surface area contributed by atoms with Crippen molar-refractivity contribution in [3.05, 3.63) is 47.2 Å². The topological polar surface area (TPSA) is 88.2 Å². The minimum atomic E-state index is -0.712. The van der Waals surface area contributed by atoms with E-state index in [1.165, 1.54) is 0 Å². The number of nitrogens with zero attached hydrogens (tertiary/aromatic N) is 2. The van der Waals surface area contributed by atoms with Gasteiger partial charge in [-0.3, -0.25) is 4.79 Å². The van der Waals surface area contributed by atoms with E-state index in [9.17, 15) is 9.90 Å². The second kappa shape index (κ2) is 7.87. The summed E-state index contributed by atoms with van der Waals surface area (Å²) in [6.07, 6.45) is -0.0669. The van der Waals surface area contributed by atoms with Gasteiger partial charge in [-0.1, -0.05) is 38.1 Å². The zero-order valence-corrected chi connectivity index (χ0v) is 13.7. The molecule has 1 unspecified atom stereocenters. The molecule has 0 aliphatic heterocycles. The molecular formula is C17H23N3O3. The molecule has 0 saturated carbocycles. The van der Waals surface area contributed by atoms with E-state index < -0.39 is 6.10 Å². The lowest BCUT2D eigenvalue weighted by atomic mass is 10.0. The molecular weight excluding hydrogens is 294 g/mol. The quantitative estimate of drug-likeness (QED) is 0.818. The SMILES string of the molecule is Cc1ccccc1C(O)CNC(=O)CCc1nnc(C(C)C)o1. The Bertz CT molecular complexity index is 652. The molecule has 0 radical (unpaired) electrons. The van der Waals surface area contributed by atoms with Gasteiger partial charge >= 0.3 is 0 Å². The number of aliphatic hydroxyl groups is 1. The van der Waals surface area contributed by atoms with Crippen molar-refractivity contribution >= 4 is 5.91 Å². The van der Waals surface area contributed by atoms with E-state index in [0.29, 0.717) is 18.2 Å². The average molecular weight is 317 g/mol. The Balaban J connectivity index is 1.77. The first-order valence-electron chi connectivity index (χ1n) is 7.80. The van der Waals surface area contributed by atoms with Gasteiger partial charge in [0.25, 0.3) is 0 Å². The van der Waals surface area contributed by atoms with Crippen molar-refractivity contribution in [2.75, 3.05) is 6.54 Å². The van der Waals surface area contributed by atoms with Crippen LogP contribution < -0.4 is 5.32 Å². The Labute approximate surface area is 135 Å². The van der Waals surface area contributed by atoms with E-state index in [4.69, 9.17) is 4.42 Å². The highest BCUT2D eigenvalue weighted by molar-refractivity contribution is 5.76. The zero-order chi connectivity index (χ0) is 16.8. The van der Waals surface area contributed by atoms with Crippen LogP contribution in [-0.2, 0) is 11.2 Å². The van der Waals surface area contributed by atoms with Gasteiger partial charge in [-0.2, -0.15) is 0 Å². The van der Waals surface area contributed by atoms with Gasteiger partial charge in [-0.05, 0) is 18.1 Å². The van der Waals surface area contributed by atoms with Gasteiger partial charge < -0.3 is 14.8 Å². The maximum absolute atomic E-state index is 11.9. The molecule has 0 spiro atoms. The summed E-state index contributed by atoms with van der Waals surface area (Å²) in [5.41, 5.74) is 1.83. The molecule has 2 rings (SSSR count). The lowest BCUT2D eigenvalue weighted by Gasteiger charge is -2.14. The monoisotopic (exact) mass is 317 g/mol. The van der Waals surface area contributed by atoms with Crippen molar-refractivity contribution in [3.63, 3.8) is 0 Å². The highest BCUT2D eigenvalue weighted by Crippen LogP contribution is 2.16. The van der Waals surface area contributed by atoms with Gasteiger partial charge in [0.05, 0.1) is 6.10 Å². The van der Waals surface area contributed by atoms with Crippen molar-refractivity contribution in [2.45, 2.75) is 45.6 Å². The molecule has 1 aromatic carbocycles. The fraction of sp³-hybridized carbons (Fsp3) is 0.471. The molecule has 6 nitrogen and oxygen atoms in total. The van der Waals surface area contributed by atoms with Gasteiger partial charge in [0.1, 0.15) is 0 Å². The number of hydrogen-bond donors (Lipinski definition) is 2. The summed E-state index contributed by atoms with van der Waals surface area (Å²) in [5.74, 6) is 1.06. The van der Waals surface area contributed by atoms with E-state index in [2.05, 4.69) is 15.5 Å². The summed E-state index contributed by atoms with van der Waals surface area (Å²) in [7, 11) is 0. The lowest BCUT2D eigenvalue weighted by molar-refractivity contribution is -0.121. The molecule has 124 valence electrons. The van der Waals surface area contributed by atoms with Crippen LogP contribution in [0.2, 0.25) is 0 Å². The van der Waals surface area contributed by atoms with E-state index >= 15 is 0 Å². The minimum Gasteiger partial charge on any atom is -0.425 e. The summed E-state index contributed by atoms with van der Waals surface area (Å²) in [4.78, 5) is 11.9. The van der Waals surface area contributed by atoms with E-state index in [-0.39, 0.29) is 24.8 Å².